The third kappa shape index (κ3) is 4.67. The molecule has 1 aliphatic carbocycles. The normalized spacial score (nSPS) is 20.8. The zero-order valence-corrected chi connectivity index (χ0v) is 19.3. The molecule has 3 aromatic rings. The van der Waals surface area contributed by atoms with Crippen LogP contribution < -0.4 is 4.90 Å². The molecule has 2 heterocycles. The second-order valence-corrected chi connectivity index (χ2v) is 8.97. The van der Waals surface area contributed by atoms with Gasteiger partial charge in [-0.25, -0.2) is 9.37 Å². The van der Waals surface area contributed by atoms with Crippen molar-refractivity contribution >= 4 is 17.6 Å². The van der Waals surface area contributed by atoms with Gasteiger partial charge in [0.25, 0.3) is 0 Å². The lowest BCUT2D eigenvalue weighted by molar-refractivity contribution is 0.170. The summed E-state index contributed by atoms with van der Waals surface area (Å²) >= 11 is 1.51. The summed E-state index contributed by atoms with van der Waals surface area (Å²) in [4.78, 5) is 6.24. The van der Waals surface area contributed by atoms with Gasteiger partial charge in [0.2, 0.25) is 0 Å². The maximum Gasteiger partial charge on any atom is 0.185 e. The summed E-state index contributed by atoms with van der Waals surface area (Å²) in [5, 5.41) is 27.9. The maximum atomic E-state index is 14.6. The summed E-state index contributed by atoms with van der Waals surface area (Å²) in [6.07, 6.45) is 7.69. The summed E-state index contributed by atoms with van der Waals surface area (Å²) in [6, 6.07) is 6.99. The van der Waals surface area contributed by atoms with Crippen molar-refractivity contribution in [3.05, 3.63) is 36.7 Å². The van der Waals surface area contributed by atoms with Crippen LogP contribution in [0.4, 0.5) is 10.2 Å². The van der Waals surface area contributed by atoms with Crippen LogP contribution in [0.25, 0.3) is 22.5 Å². The van der Waals surface area contributed by atoms with Gasteiger partial charge >= 0.3 is 0 Å². The monoisotopic (exact) mass is 454 g/mol. The molecular weight excluding hydrogens is 427 g/mol. The standard InChI is InChI=1S/C23H27FN6OS/c1-4-14-5-8-18(24)19(9-14)30(2)21-13-25-23(29-27-21)17-7-6-15(10-20(17)31)16-11-22(32-3)28-26-12-16/h6-7,10-14,18-19,31H,4-5,8-9H2,1-3H3/t14-,18+,19-/m1/s1. The van der Waals surface area contributed by atoms with E-state index in [0.29, 0.717) is 29.5 Å². The highest BCUT2D eigenvalue weighted by Crippen LogP contribution is 2.34. The number of nitrogens with zero attached hydrogens (tertiary/aromatic N) is 6. The van der Waals surface area contributed by atoms with Crippen molar-refractivity contribution < 1.29 is 9.50 Å². The van der Waals surface area contributed by atoms with Crippen LogP contribution in [-0.2, 0) is 0 Å². The minimum atomic E-state index is -0.879. The van der Waals surface area contributed by atoms with Gasteiger partial charge in [-0.05, 0) is 55.2 Å². The van der Waals surface area contributed by atoms with E-state index in [0.717, 1.165) is 35.4 Å². The quantitative estimate of drug-likeness (QED) is 0.533. The second kappa shape index (κ2) is 9.77. The number of anilines is 1. The number of phenolic OH excluding ortho intramolecular Hbond substituents is 1. The van der Waals surface area contributed by atoms with Gasteiger partial charge < -0.3 is 10.0 Å². The average Bonchev–Trinajstić information content (AvgIpc) is 2.84. The molecule has 0 spiro atoms. The first-order valence-corrected chi connectivity index (χ1v) is 12.0. The van der Waals surface area contributed by atoms with Gasteiger partial charge in [-0.3, -0.25) is 0 Å². The SMILES string of the molecule is CC[C@@H]1CC[C@H](F)[C@H](N(C)c2cnc(-c3ccc(-c4cnnc(SC)c4)cc3O)nn2)C1. The Balaban J connectivity index is 1.53. The Labute approximate surface area is 191 Å². The summed E-state index contributed by atoms with van der Waals surface area (Å²) in [6.45, 7) is 2.15. The molecule has 168 valence electrons. The molecular formula is C23H27FN6OS. The Bertz CT molecular complexity index is 1070. The summed E-state index contributed by atoms with van der Waals surface area (Å²) < 4.78 is 14.6. The lowest BCUT2D eigenvalue weighted by atomic mass is 9.82. The zero-order chi connectivity index (χ0) is 22.7. The summed E-state index contributed by atoms with van der Waals surface area (Å²) in [5.41, 5.74) is 2.16. The maximum absolute atomic E-state index is 14.6. The number of phenols is 1. The Hall–Kier alpha value is -2.81. The lowest BCUT2D eigenvalue weighted by Gasteiger charge is -2.37. The van der Waals surface area contributed by atoms with Crippen molar-refractivity contribution in [3.63, 3.8) is 0 Å². The summed E-state index contributed by atoms with van der Waals surface area (Å²) in [7, 11) is 1.85. The van der Waals surface area contributed by atoms with E-state index >= 15 is 0 Å². The van der Waals surface area contributed by atoms with Gasteiger partial charge in [0.15, 0.2) is 11.6 Å². The number of aromatic hydroxyl groups is 1. The van der Waals surface area contributed by atoms with Gasteiger partial charge in [0, 0.05) is 12.6 Å². The number of rotatable bonds is 6. The van der Waals surface area contributed by atoms with Crippen LogP contribution in [0.3, 0.4) is 0 Å². The first-order chi connectivity index (χ1) is 15.5. The number of alkyl halides is 1. The van der Waals surface area contributed by atoms with E-state index in [1.165, 1.54) is 11.8 Å². The van der Waals surface area contributed by atoms with E-state index in [2.05, 4.69) is 32.3 Å². The second-order valence-electron chi connectivity index (χ2n) is 8.14. The molecule has 0 unspecified atom stereocenters. The molecule has 0 saturated heterocycles. The molecule has 9 heteroatoms. The van der Waals surface area contributed by atoms with Crippen molar-refractivity contribution in [2.24, 2.45) is 5.92 Å². The van der Waals surface area contributed by atoms with Crippen LogP contribution in [0, 0.1) is 5.92 Å². The van der Waals surface area contributed by atoms with Gasteiger partial charge in [0.1, 0.15) is 16.9 Å². The molecule has 32 heavy (non-hydrogen) atoms. The Kier molecular flexibility index (Phi) is 6.83. The highest BCUT2D eigenvalue weighted by molar-refractivity contribution is 7.98. The summed E-state index contributed by atoms with van der Waals surface area (Å²) in [5.74, 6) is 1.43. The first-order valence-electron chi connectivity index (χ1n) is 10.8. The van der Waals surface area contributed by atoms with Gasteiger partial charge in [-0.15, -0.1) is 27.1 Å². The van der Waals surface area contributed by atoms with Crippen LogP contribution in [0.5, 0.6) is 5.75 Å². The van der Waals surface area contributed by atoms with E-state index in [1.807, 2.05) is 30.3 Å². The van der Waals surface area contributed by atoms with Crippen molar-refractivity contribution in [1.29, 1.82) is 0 Å². The predicted molar refractivity (Wildman–Crippen MR) is 124 cm³/mol. The Morgan fingerprint density at radius 1 is 1.12 bits per heavy atom. The molecule has 1 aliphatic rings. The van der Waals surface area contributed by atoms with Crippen LogP contribution in [0.15, 0.2) is 41.7 Å². The van der Waals surface area contributed by atoms with Crippen LogP contribution in [-0.4, -0.2) is 56.0 Å². The number of thioether (sulfide) groups is 1. The molecule has 3 atom stereocenters. The topological polar surface area (TPSA) is 87.9 Å². The van der Waals surface area contributed by atoms with E-state index in [1.54, 1.807) is 24.5 Å². The van der Waals surface area contributed by atoms with Crippen LogP contribution in [0.2, 0.25) is 0 Å². The fraction of sp³-hybridized carbons (Fsp3) is 0.435. The van der Waals surface area contributed by atoms with Gasteiger partial charge in [0.05, 0.1) is 24.0 Å². The highest BCUT2D eigenvalue weighted by atomic mass is 32.2. The van der Waals surface area contributed by atoms with E-state index in [-0.39, 0.29) is 11.8 Å². The van der Waals surface area contributed by atoms with Crippen molar-refractivity contribution in [1.82, 2.24) is 25.4 Å². The number of aromatic nitrogens is 5. The van der Waals surface area contributed by atoms with Crippen molar-refractivity contribution in [2.75, 3.05) is 18.2 Å². The smallest absolute Gasteiger partial charge is 0.185 e. The number of benzene rings is 1. The van der Waals surface area contributed by atoms with Crippen molar-refractivity contribution in [3.8, 4) is 28.3 Å². The van der Waals surface area contributed by atoms with Gasteiger partial charge in [-0.1, -0.05) is 19.4 Å². The molecule has 1 N–H and O–H groups in total. The van der Waals surface area contributed by atoms with Crippen LogP contribution >= 0.6 is 11.8 Å². The van der Waals surface area contributed by atoms with Crippen LogP contribution in [0.1, 0.15) is 32.6 Å². The third-order valence-electron chi connectivity index (χ3n) is 6.24. The average molecular weight is 455 g/mol. The van der Waals surface area contributed by atoms with E-state index in [4.69, 9.17) is 0 Å². The molecule has 1 fully saturated rings. The van der Waals surface area contributed by atoms with Crippen molar-refractivity contribution in [2.45, 2.75) is 49.8 Å². The minimum absolute atomic E-state index is 0.0507. The fourth-order valence-corrected chi connectivity index (χ4v) is 4.57. The predicted octanol–water partition coefficient (Wildman–Crippen LogP) is 4.78. The van der Waals surface area contributed by atoms with E-state index < -0.39 is 6.17 Å². The number of halogens is 1. The molecule has 1 aromatic carbocycles. The molecule has 7 nitrogen and oxygen atoms in total. The molecule has 2 aromatic heterocycles. The fourth-order valence-electron chi connectivity index (χ4n) is 4.19. The largest absolute Gasteiger partial charge is 0.507 e. The Morgan fingerprint density at radius 3 is 2.66 bits per heavy atom. The molecule has 0 bridgehead atoms. The number of hydrogen-bond donors (Lipinski definition) is 1. The Morgan fingerprint density at radius 2 is 1.97 bits per heavy atom. The molecule has 4 rings (SSSR count). The molecule has 0 aliphatic heterocycles. The minimum Gasteiger partial charge on any atom is -0.507 e. The first kappa shape index (κ1) is 22.4. The third-order valence-corrected chi connectivity index (χ3v) is 6.86. The molecule has 1 saturated carbocycles. The lowest BCUT2D eigenvalue weighted by Crippen LogP contribution is -2.44. The molecule has 0 amide bonds. The number of hydrogen-bond acceptors (Lipinski definition) is 8. The van der Waals surface area contributed by atoms with E-state index in [9.17, 15) is 9.50 Å². The highest BCUT2D eigenvalue weighted by Gasteiger charge is 2.33. The van der Waals surface area contributed by atoms with Gasteiger partial charge in [-0.2, -0.15) is 5.10 Å². The molecule has 0 radical (unpaired) electrons. The zero-order valence-electron chi connectivity index (χ0n) is 18.4.